The Kier molecular flexibility index (Phi) is 3.33. The Morgan fingerprint density at radius 2 is 2.06 bits per heavy atom. The molecule has 0 spiro atoms. The summed E-state index contributed by atoms with van der Waals surface area (Å²) in [6.07, 6.45) is 0. The number of para-hydroxylation sites is 1. The average Bonchev–Trinajstić information content (AvgIpc) is 2.64. The predicted molar refractivity (Wildman–Crippen MR) is 68.3 cm³/mol. The average molecular weight is 234 g/mol. The SMILES string of the molecule is COC[C@H](C(C)C)n1[nH]c2ccccc2c1=O. The van der Waals surface area contributed by atoms with Crippen LogP contribution in [0.5, 0.6) is 0 Å². The van der Waals surface area contributed by atoms with Crippen LogP contribution in [0.25, 0.3) is 10.9 Å². The number of aromatic amines is 1. The number of nitrogens with zero attached hydrogens (tertiary/aromatic N) is 1. The maximum Gasteiger partial charge on any atom is 0.274 e. The number of rotatable bonds is 4. The summed E-state index contributed by atoms with van der Waals surface area (Å²) in [5.41, 5.74) is 0.899. The molecule has 17 heavy (non-hydrogen) atoms. The highest BCUT2D eigenvalue weighted by Crippen LogP contribution is 2.17. The highest BCUT2D eigenvalue weighted by Gasteiger charge is 2.19. The lowest BCUT2D eigenvalue weighted by molar-refractivity contribution is 0.125. The maximum atomic E-state index is 12.2. The van der Waals surface area contributed by atoms with Gasteiger partial charge in [-0.2, -0.15) is 0 Å². The first-order chi connectivity index (χ1) is 8.15. The van der Waals surface area contributed by atoms with Gasteiger partial charge in [0.05, 0.1) is 23.6 Å². The zero-order valence-electron chi connectivity index (χ0n) is 10.4. The molecule has 4 nitrogen and oxygen atoms in total. The molecule has 0 unspecified atom stereocenters. The Labute approximate surface area is 100 Å². The van der Waals surface area contributed by atoms with Gasteiger partial charge in [-0.3, -0.25) is 9.89 Å². The summed E-state index contributed by atoms with van der Waals surface area (Å²) < 4.78 is 6.87. The molecule has 0 radical (unpaired) electrons. The van der Waals surface area contributed by atoms with Gasteiger partial charge in [0.25, 0.3) is 5.56 Å². The number of methoxy groups -OCH3 is 1. The summed E-state index contributed by atoms with van der Waals surface area (Å²) in [4.78, 5) is 12.2. The van der Waals surface area contributed by atoms with Crippen molar-refractivity contribution in [2.45, 2.75) is 19.9 Å². The fourth-order valence-corrected chi connectivity index (χ4v) is 2.05. The van der Waals surface area contributed by atoms with Gasteiger partial charge in [0.15, 0.2) is 0 Å². The molecule has 0 aliphatic rings. The number of benzene rings is 1. The topological polar surface area (TPSA) is 47.0 Å². The molecule has 0 aliphatic carbocycles. The van der Waals surface area contributed by atoms with E-state index < -0.39 is 0 Å². The Balaban J connectivity index is 2.54. The van der Waals surface area contributed by atoms with E-state index >= 15 is 0 Å². The third-order valence-electron chi connectivity index (χ3n) is 3.06. The molecule has 0 bridgehead atoms. The predicted octanol–water partition coefficient (Wildman–Crippen LogP) is 2.17. The van der Waals surface area contributed by atoms with Crippen molar-refractivity contribution < 1.29 is 4.74 Å². The van der Waals surface area contributed by atoms with Crippen LogP contribution < -0.4 is 5.56 Å². The van der Waals surface area contributed by atoms with Gasteiger partial charge in [-0.25, -0.2) is 4.68 Å². The first-order valence-corrected chi connectivity index (χ1v) is 5.83. The van der Waals surface area contributed by atoms with E-state index in [4.69, 9.17) is 4.74 Å². The first kappa shape index (κ1) is 11.9. The van der Waals surface area contributed by atoms with Crippen LogP contribution in [0.4, 0.5) is 0 Å². The molecular formula is C13H18N2O2. The molecule has 4 heteroatoms. The van der Waals surface area contributed by atoms with E-state index in [-0.39, 0.29) is 11.6 Å². The second-order valence-electron chi connectivity index (χ2n) is 4.60. The van der Waals surface area contributed by atoms with E-state index in [2.05, 4.69) is 18.9 Å². The highest BCUT2D eigenvalue weighted by atomic mass is 16.5. The summed E-state index contributed by atoms with van der Waals surface area (Å²) in [5, 5.41) is 3.89. The van der Waals surface area contributed by atoms with Crippen molar-refractivity contribution in [2.24, 2.45) is 5.92 Å². The molecule has 0 saturated carbocycles. The van der Waals surface area contributed by atoms with Crippen molar-refractivity contribution in [3.8, 4) is 0 Å². The molecule has 1 atom stereocenters. The molecule has 0 fully saturated rings. The Hall–Kier alpha value is -1.55. The number of H-pyrrole nitrogens is 1. The van der Waals surface area contributed by atoms with Crippen molar-refractivity contribution in [1.82, 2.24) is 9.78 Å². The van der Waals surface area contributed by atoms with Crippen molar-refractivity contribution in [3.05, 3.63) is 34.6 Å². The minimum atomic E-state index is 0.0244. The van der Waals surface area contributed by atoms with Gasteiger partial charge in [-0.05, 0) is 18.1 Å². The van der Waals surface area contributed by atoms with Gasteiger partial charge in [0.2, 0.25) is 0 Å². The fourth-order valence-electron chi connectivity index (χ4n) is 2.05. The van der Waals surface area contributed by atoms with E-state index in [9.17, 15) is 4.79 Å². The molecule has 1 heterocycles. The molecule has 0 amide bonds. The second-order valence-corrected chi connectivity index (χ2v) is 4.60. The molecule has 2 aromatic rings. The van der Waals surface area contributed by atoms with Crippen LogP contribution in [0.2, 0.25) is 0 Å². The second kappa shape index (κ2) is 4.75. The minimum absolute atomic E-state index is 0.0244. The normalized spacial score (nSPS) is 13.4. The Bertz CT molecular complexity index is 554. The lowest BCUT2D eigenvalue weighted by Crippen LogP contribution is -2.29. The summed E-state index contributed by atoms with van der Waals surface area (Å²) in [6, 6.07) is 7.60. The quantitative estimate of drug-likeness (QED) is 0.881. The van der Waals surface area contributed by atoms with Crippen LogP contribution in [-0.4, -0.2) is 23.5 Å². The van der Waals surface area contributed by atoms with Crippen LogP contribution in [0.3, 0.4) is 0 Å². The number of ether oxygens (including phenoxy) is 1. The van der Waals surface area contributed by atoms with Gasteiger partial charge < -0.3 is 4.74 Å². The molecule has 1 aromatic carbocycles. The van der Waals surface area contributed by atoms with Crippen molar-refractivity contribution in [1.29, 1.82) is 0 Å². The third-order valence-corrected chi connectivity index (χ3v) is 3.06. The van der Waals surface area contributed by atoms with Crippen LogP contribution >= 0.6 is 0 Å². The number of hydrogen-bond acceptors (Lipinski definition) is 2. The van der Waals surface area contributed by atoms with Gasteiger partial charge in [0.1, 0.15) is 0 Å². The smallest absolute Gasteiger partial charge is 0.274 e. The van der Waals surface area contributed by atoms with Crippen LogP contribution in [0.15, 0.2) is 29.1 Å². The zero-order chi connectivity index (χ0) is 12.4. The van der Waals surface area contributed by atoms with E-state index in [0.29, 0.717) is 12.5 Å². The molecule has 92 valence electrons. The van der Waals surface area contributed by atoms with Gasteiger partial charge in [0, 0.05) is 7.11 Å². The molecule has 2 rings (SSSR count). The summed E-state index contributed by atoms with van der Waals surface area (Å²) >= 11 is 0. The zero-order valence-corrected chi connectivity index (χ0v) is 10.4. The van der Waals surface area contributed by atoms with Crippen LogP contribution in [-0.2, 0) is 4.74 Å². The van der Waals surface area contributed by atoms with Crippen molar-refractivity contribution in [3.63, 3.8) is 0 Å². The minimum Gasteiger partial charge on any atom is -0.382 e. The third kappa shape index (κ3) is 2.13. The van der Waals surface area contributed by atoms with Crippen LogP contribution in [0, 0.1) is 5.92 Å². The fraction of sp³-hybridized carbons (Fsp3) is 0.462. The van der Waals surface area contributed by atoms with E-state index in [1.54, 1.807) is 11.8 Å². The standard InChI is InChI=1S/C13H18N2O2/c1-9(2)12(8-17-3)15-13(16)10-6-4-5-7-11(10)14-15/h4-7,9,12,14H,8H2,1-3H3/t12-/m1/s1. The summed E-state index contributed by atoms with van der Waals surface area (Å²) in [7, 11) is 1.66. The lowest BCUT2D eigenvalue weighted by Gasteiger charge is -2.20. The molecule has 1 N–H and O–H groups in total. The van der Waals surface area contributed by atoms with Gasteiger partial charge in [-0.15, -0.1) is 0 Å². The Morgan fingerprint density at radius 1 is 1.35 bits per heavy atom. The number of aromatic nitrogens is 2. The molecule has 0 saturated heterocycles. The van der Waals surface area contributed by atoms with E-state index in [1.165, 1.54) is 0 Å². The largest absolute Gasteiger partial charge is 0.382 e. The number of fused-ring (bicyclic) bond motifs is 1. The highest BCUT2D eigenvalue weighted by molar-refractivity contribution is 5.77. The van der Waals surface area contributed by atoms with Gasteiger partial charge in [-0.1, -0.05) is 26.0 Å². The molecule has 0 aliphatic heterocycles. The molecule has 1 aromatic heterocycles. The monoisotopic (exact) mass is 234 g/mol. The number of hydrogen-bond donors (Lipinski definition) is 1. The summed E-state index contributed by atoms with van der Waals surface area (Å²) in [5.74, 6) is 0.334. The van der Waals surface area contributed by atoms with Crippen molar-refractivity contribution >= 4 is 10.9 Å². The Morgan fingerprint density at radius 3 is 2.65 bits per heavy atom. The van der Waals surface area contributed by atoms with E-state index in [1.807, 2.05) is 24.3 Å². The van der Waals surface area contributed by atoms with Crippen LogP contribution in [0.1, 0.15) is 19.9 Å². The number of nitrogens with one attached hydrogen (secondary N) is 1. The van der Waals surface area contributed by atoms with Gasteiger partial charge >= 0.3 is 0 Å². The molecular weight excluding hydrogens is 216 g/mol. The van der Waals surface area contributed by atoms with E-state index in [0.717, 1.165) is 10.9 Å². The first-order valence-electron chi connectivity index (χ1n) is 5.83. The van der Waals surface area contributed by atoms with Crippen molar-refractivity contribution in [2.75, 3.05) is 13.7 Å². The maximum absolute atomic E-state index is 12.2. The lowest BCUT2D eigenvalue weighted by atomic mass is 10.1. The summed E-state index contributed by atoms with van der Waals surface area (Å²) in [6.45, 7) is 4.70.